The van der Waals surface area contributed by atoms with Crippen molar-refractivity contribution in [3.05, 3.63) is 83.2 Å². The topological polar surface area (TPSA) is 89.9 Å². The fraction of sp³-hybridized carbons (Fsp3) is 0.308. The number of nitrogens with zero attached hydrogens (tertiary/aromatic N) is 1. The summed E-state index contributed by atoms with van der Waals surface area (Å²) in [4.78, 5) is 28.2. The van der Waals surface area contributed by atoms with Gasteiger partial charge in [0.15, 0.2) is 12.2 Å². The first-order valence-electron chi connectivity index (χ1n) is 11.1. The van der Waals surface area contributed by atoms with Gasteiger partial charge in [-0.15, -0.1) is 11.3 Å². The number of carbonyl (C=O) groups is 2. The minimum absolute atomic E-state index is 0.163. The van der Waals surface area contributed by atoms with E-state index in [0.29, 0.717) is 6.54 Å². The van der Waals surface area contributed by atoms with E-state index in [2.05, 4.69) is 5.32 Å². The van der Waals surface area contributed by atoms with Crippen LogP contribution in [-0.4, -0.2) is 45.7 Å². The first-order valence-corrected chi connectivity index (χ1v) is 12.0. The standard InChI is InChI=1S/C26H28N2O4S/c1-17(18-11-13-20(14-12-18)22-10-6-16-33-22)27-25(31)23(29)24(30)26(32)28-15-5-9-21(28)19-7-3-2-4-8-19/h2-4,6-8,10-14,16-17,21,23-24,29-30H,5,9,15H2,1H3,(H,27,31)/t17-,21-,23-,24-/m1/s1. The second-order valence-electron chi connectivity index (χ2n) is 8.32. The first kappa shape index (κ1) is 23.2. The fourth-order valence-electron chi connectivity index (χ4n) is 4.26. The molecule has 2 heterocycles. The van der Waals surface area contributed by atoms with Crippen molar-refractivity contribution in [1.29, 1.82) is 0 Å². The van der Waals surface area contributed by atoms with Gasteiger partial charge in [-0.1, -0.05) is 60.7 Å². The number of amides is 2. The molecule has 6 nitrogen and oxygen atoms in total. The molecule has 4 atom stereocenters. The summed E-state index contributed by atoms with van der Waals surface area (Å²) in [7, 11) is 0. The summed E-state index contributed by atoms with van der Waals surface area (Å²) in [6, 6.07) is 20.9. The van der Waals surface area contributed by atoms with Crippen molar-refractivity contribution in [2.45, 2.75) is 44.1 Å². The normalized spacial score (nSPS) is 18.5. The predicted octanol–water partition coefficient (Wildman–Crippen LogP) is 3.68. The summed E-state index contributed by atoms with van der Waals surface area (Å²) in [5.41, 5.74) is 2.93. The molecule has 4 rings (SSSR count). The van der Waals surface area contributed by atoms with Gasteiger partial charge in [-0.05, 0) is 47.9 Å². The van der Waals surface area contributed by atoms with Crippen LogP contribution in [0.15, 0.2) is 72.1 Å². The minimum Gasteiger partial charge on any atom is -0.380 e. The largest absolute Gasteiger partial charge is 0.380 e. The third-order valence-electron chi connectivity index (χ3n) is 6.12. The van der Waals surface area contributed by atoms with E-state index in [1.807, 2.05) is 72.1 Å². The lowest BCUT2D eigenvalue weighted by atomic mass is 10.0. The first-order chi connectivity index (χ1) is 16.0. The lowest BCUT2D eigenvalue weighted by Crippen LogP contribution is -2.50. The molecule has 172 valence electrons. The lowest BCUT2D eigenvalue weighted by Gasteiger charge is -2.29. The molecule has 1 fully saturated rings. The van der Waals surface area contributed by atoms with Crippen molar-refractivity contribution >= 4 is 23.2 Å². The number of nitrogens with one attached hydrogen (secondary N) is 1. The Balaban J connectivity index is 1.37. The molecule has 0 aliphatic carbocycles. The number of hydrogen-bond acceptors (Lipinski definition) is 5. The second kappa shape index (κ2) is 10.3. The Labute approximate surface area is 197 Å². The van der Waals surface area contributed by atoms with E-state index in [1.165, 1.54) is 0 Å². The highest BCUT2D eigenvalue weighted by Crippen LogP contribution is 2.32. The zero-order chi connectivity index (χ0) is 23.4. The molecule has 0 radical (unpaired) electrons. The number of carbonyl (C=O) groups excluding carboxylic acids is 2. The molecule has 2 aromatic carbocycles. The Morgan fingerprint density at radius 1 is 1.00 bits per heavy atom. The fourth-order valence-corrected chi connectivity index (χ4v) is 4.99. The van der Waals surface area contributed by atoms with Gasteiger partial charge in [0.05, 0.1) is 12.1 Å². The molecule has 0 saturated carbocycles. The van der Waals surface area contributed by atoms with Gasteiger partial charge in [0.2, 0.25) is 0 Å². The number of aliphatic hydroxyl groups excluding tert-OH is 2. The molecule has 0 unspecified atom stereocenters. The molecule has 2 amide bonds. The van der Waals surface area contributed by atoms with Gasteiger partial charge >= 0.3 is 0 Å². The van der Waals surface area contributed by atoms with Crippen molar-refractivity contribution in [2.24, 2.45) is 0 Å². The molecule has 33 heavy (non-hydrogen) atoms. The minimum atomic E-state index is -1.85. The maximum atomic E-state index is 12.9. The summed E-state index contributed by atoms with van der Waals surface area (Å²) >= 11 is 1.65. The summed E-state index contributed by atoms with van der Waals surface area (Å²) in [5.74, 6) is -1.40. The van der Waals surface area contributed by atoms with Crippen LogP contribution in [-0.2, 0) is 9.59 Å². The molecule has 0 spiro atoms. The van der Waals surface area contributed by atoms with Gasteiger partial charge in [0, 0.05) is 11.4 Å². The molecule has 3 N–H and O–H groups in total. The predicted molar refractivity (Wildman–Crippen MR) is 128 cm³/mol. The van der Waals surface area contributed by atoms with Crippen LogP contribution in [0.2, 0.25) is 0 Å². The molecular formula is C26H28N2O4S. The Morgan fingerprint density at radius 3 is 2.39 bits per heavy atom. The van der Waals surface area contributed by atoms with Crippen LogP contribution in [0.5, 0.6) is 0 Å². The van der Waals surface area contributed by atoms with Crippen LogP contribution < -0.4 is 5.32 Å². The zero-order valence-corrected chi connectivity index (χ0v) is 19.2. The highest BCUT2D eigenvalue weighted by Gasteiger charge is 2.38. The van der Waals surface area contributed by atoms with E-state index in [4.69, 9.17) is 0 Å². The maximum Gasteiger partial charge on any atom is 0.255 e. The van der Waals surface area contributed by atoms with Gasteiger partial charge in [-0.3, -0.25) is 9.59 Å². The average molecular weight is 465 g/mol. The Morgan fingerprint density at radius 2 is 1.73 bits per heavy atom. The molecule has 3 aromatic rings. The summed E-state index contributed by atoms with van der Waals surface area (Å²) in [5, 5.41) is 25.7. The molecule has 7 heteroatoms. The summed E-state index contributed by atoms with van der Waals surface area (Å²) < 4.78 is 0. The van der Waals surface area contributed by atoms with Crippen LogP contribution in [0.25, 0.3) is 10.4 Å². The van der Waals surface area contributed by atoms with Crippen LogP contribution in [0.3, 0.4) is 0 Å². The molecule has 0 bridgehead atoms. The lowest BCUT2D eigenvalue weighted by molar-refractivity contribution is -0.154. The average Bonchev–Trinajstić information content (AvgIpc) is 3.56. The third kappa shape index (κ3) is 5.16. The molecular weight excluding hydrogens is 436 g/mol. The number of likely N-dealkylation sites (tertiary alicyclic amines) is 1. The van der Waals surface area contributed by atoms with Crippen LogP contribution in [0.4, 0.5) is 0 Å². The van der Waals surface area contributed by atoms with E-state index in [9.17, 15) is 19.8 Å². The van der Waals surface area contributed by atoms with Gasteiger partial charge in [0.1, 0.15) is 0 Å². The summed E-state index contributed by atoms with van der Waals surface area (Å²) in [6.45, 7) is 2.28. The number of thiophene rings is 1. The molecule has 1 aliphatic rings. The van der Waals surface area contributed by atoms with Crippen molar-refractivity contribution < 1.29 is 19.8 Å². The second-order valence-corrected chi connectivity index (χ2v) is 9.27. The number of rotatable bonds is 7. The number of aliphatic hydroxyl groups is 2. The van der Waals surface area contributed by atoms with Gasteiger partial charge in [-0.25, -0.2) is 0 Å². The van der Waals surface area contributed by atoms with E-state index < -0.39 is 30.1 Å². The SMILES string of the molecule is C[C@@H](NC(=O)[C@H](O)[C@@H](O)C(=O)N1CCC[C@@H]1c1ccccc1)c1ccc(-c2cccs2)cc1. The molecule has 1 aromatic heterocycles. The van der Waals surface area contributed by atoms with Crippen molar-refractivity contribution in [3.8, 4) is 10.4 Å². The van der Waals surface area contributed by atoms with Gasteiger partial charge < -0.3 is 20.4 Å². The van der Waals surface area contributed by atoms with Crippen molar-refractivity contribution in [2.75, 3.05) is 6.54 Å². The monoisotopic (exact) mass is 464 g/mol. The quantitative estimate of drug-likeness (QED) is 0.498. The van der Waals surface area contributed by atoms with Crippen LogP contribution >= 0.6 is 11.3 Å². The number of hydrogen-bond donors (Lipinski definition) is 3. The van der Waals surface area contributed by atoms with E-state index >= 15 is 0 Å². The maximum absolute atomic E-state index is 12.9. The number of benzene rings is 2. The van der Waals surface area contributed by atoms with Gasteiger partial charge in [0.25, 0.3) is 11.8 Å². The van der Waals surface area contributed by atoms with Crippen molar-refractivity contribution in [1.82, 2.24) is 10.2 Å². The smallest absolute Gasteiger partial charge is 0.255 e. The zero-order valence-electron chi connectivity index (χ0n) is 18.4. The van der Waals surface area contributed by atoms with Crippen LogP contribution in [0, 0.1) is 0 Å². The van der Waals surface area contributed by atoms with Crippen LogP contribution in [0.1, 0.15) is 43.0 Å². The highest BCUT2D eigenvalue weighted by molar-refractivity contribution is 7.13. The van der Waals surface area contributed by atoms with E-state index in [0.717, 1.165) is 34.4 Å². The van der Waals surface area contributed by atoms with Crippen molar-refractivity contribution in [3.63, 3.8) is 0 Å². The molecule has 1 aliphatic heterocycles. The summed E-state index contributed by atoms with van der Waals surface area (Å²) in [6.07, 6.45) is -2.08. The highest BCUT2D eigenvalue weighted by atomic mass is 32.1. The Hall–Kier alpha value is -3.00. The Kier molecular flexibility index (Phi) is 7.23. The van der Waals surface area contributed by atoms with Gasteiger partial charge in [-0.2, -0.15) is 0 Å². The Bertz CT molecular complexity index is 1070. The third-order valence-corrected chi connectivity index (χ3v) is 7.04. The molecule has 1 saturated heterocycles. The van der Waals surface area contributed by atoms with E-state index in [1.54, 1.807) is 23.2 Å². The van der Waals surface area contributed by atoms with E-state index in [-0.39, 0.29) is 6.04 Å².